The van der Waals surface area contributed by atoms with E-state index in [0.29, 0.717) is 10.6 Å². The molecule has 0 unspecified atom stereocenters. The molecule has 0 fully saturated rings. The molecule has 9 heteroatoms. The number of nitrogens with one attached hydrogen (secondary N) is 1. The number of anilines is 1. The number of carbonyl (C=O) groups excluding carboxylic acids is 3. The van der Waals surface area contributed by atoms with Gasteiger partial charge in [0.05, 0.1) is 17.7 Å². The Labute approximate surface area is 165 Å². The average Bonchev–Trinajstić information content (AvgIpc) is 2.95. The summed E-state index contributed by atoms with van der Waals surface area (Å²) in [6.45, 7) is 5.22. The van der Waals surface area contributed by atoms with Crippen LogP contribution in [0.1, 0.15) is 45.0 Å². The molecule has 2 aromatic rings. The lowest BCUT2D eigenvalue weighted by molar-refractivity contribution is -0.119. The minimum absolute atomic E-state index is 0.180. The lowest BCUT2D eigenvalue weighted by atomic mass is 10.1. The Kier molecular flexibility index (Phi) is 7.32. The lowest BCUT2D eigenvalue weighted by Gasteiger charge is -2.08. The van der Waals surface area contributed by atoms with Crippen LogP contribution in [-0.2, 0) is 20.7 Å². The Balaban J connectivity index is 2.05. The Hall–Kier alpha value is -2.45. The van der Waals surface area contributed by atoms with Gasteiger partial charge in [0.25, 0.3) is 5.91 Å². The maximum absolute atomic E-state index is 12.2. The molecule has 0 bridgehead atoms. The van der Waals surface area contributed by atoms with E-state index in [9.17, 15) is 14.4 Å². The molecule has 27 heavy (non-hydrogen) atoms. The van der Waals surface area contributed by atoms with Gasteiger partial charge in [0, 0.05) is 11.1 Å². The quantitative estimate of drug-likeness (QED) is 0.553. The van der Waals surface area contributed by atoms with Crippen LogP contribution in [0.4, 0.5) is 5.00 Å². The zero-order valence-electron chi connectivity index (χ0n) is 15.1. The summed E-state index contributed by atoms with van der Waals surface area (Å²) in [5, 5.41) is 3.26. The predicted octanol–water partition coefficient (Wildman–Crippen LogP) is 3.64. The van der Waals surface area contributed by atoms with Crippen molar-refractivity contribution >= 4 is 45.8 Å². The van der Waals surface area contributed by atoms with Crippen LogP contribution >= 0.6 is 22.9 Å². The van der Waals surface area contributed by atoms with E-state index in [0.717, 1.165) is 16.9 Å². The van der Waals surface area contributed by atoms with Crippen LogP contribution in [0.5, 0.6) is 0 Å². The molecule has 2 heterocycles. The molecule has 0 aliphatic heterocycles. The van der Waals surface area contributed by atoms with E-state index in [4.69, 9.17) is 21.1 Å². The molecule has 1 N–H and O–H groups in total. The van der Waals surface area contributed by atoms with Crippen molar-refractivity contribution in [1.29, 1.82) is 0 Å². The molecule has 0 radical (unpaired) electrons. The number of pyridine rings is 1. The lowest BCUT2D eigenvalue weighted by Crippen LogP contribution is -2.21. The molecule has 0 aromatic carbocycles. The van der Waals surface area contributed by atoms with Crippen molar-refractivity contribution in [2.75, 3.05) is 18.5 Å². The summed E-state index contributed by atoms with van der Waals surface area (Å²) >= 11 is 6.96. The van der Waals surface area contributed by atoms with Crippen LogP contribution in [-0.4, -0.2) is 36.0 Å². The fourth-order valence-corrected chi connectivity index (χ4v) is 3.57. The number of aromatic nitrogens is 1. The Morgan fingerprint density at radius 3 is 2.52 bits per heavy atom. The van der Waals surface area contributed by atoms with Crippen molar-refractivity contribution in [2.24, 2.45) is 0 Å². The van der Waals surface area contributed by atoms with Gasteiger partial charge in [-0.05, 0) is 38.0 Å². The predicted molar refractivity (Wildman–Crippen MR) is 103 cm³/mol. The van der Waals surface area contributed by atoms with Gasteiger partial charge in [0.1, 0.15) is 10.2 Å². The SMILES string of the molecule is CCOC(=O)c1c(NC(=O)COC(=O)c2ccc(Cl)nc2)sc(CC)c1C. The van der Waals surface area contributed by atoms with Gasteiger partial charge in [-0.3, -0.25) is 4.79 Å². The number of thiophene rings is 1. The van der Waals surface area contributed by atoms with Crippen molar-refractivity contribution < 1.29 is 23.9 Å². The molecule has 0 atom stereocenters. The van der Waals surface area contributed by atoms with Gasteiger partial charge in [-0.25, -0.2) is 14.6 Å². The van der Waals surface area contributed by atoms with Crippen molar-refractivity contribution in [3.05, 3.63) is 45.1 Å². The molecule has 0 saturated heterocycles. The molecule has 144 valence electrons. The second-order valence-corrected chi connectivity index (χ2v) is 6.91. The number of aryl methyl sites for hydroxylation is 1. The fourth-order valence-electron chi connectivity index (χ4n) is 2.31. The number of hydrogen-bond donors (Lipinski definition) is 1. The third-order valence-electron chi connectivity index (χ3n) is 3.60. The first-order valence-electron chi connectivity index (χ1n) is 8.25. The van der Waals surface area contributed by atoms with E-state index in [-0.39, 0.29) is 17.3 Å². The highest BCUT2D eigenvalue weighted by atomic mass is 35.5. The van der Waals surface area contributed by atoms with E-state index in [1.807, 2.05) is 13.8 Å². The van der Waals surface area contributed by atoms with Crippen LogP contribution in [0.2, 0.25) is 5.15 Å². The molecule has 7 nitrogen and oxygen atoms in total. The van der Waals surface area contributed by atoms with E-state index in [1.165, 1.54) is 29.7 Å². The highest BCUT2D eigenvalue weighted by Crippen LogP contribution is 2.34. The number of halogens is 1. The minimum Gasteiger partial charge on any atom is -0.462 e. The van der Waals surface area contributed by atoms with Gasteiger partial charge in [0.2, 0.25) is 0 Å². The second kappa shape index (κ2) is 9.48. The fraction of sp³-hybridized carbons (Fsp3) is 0.333. The monoisotopic (exact) mass is 410 g/mol. The number of hydrogen-bond acceptors (Lipinski definition) is 7. The summed E-state index contributed by atoms with van der Waals surface area (Å²) < 4.78 is 10.0. The van der Waals surface area contributed by atoms with Crippen LogP contribution in [0, 0.1) is 6.92 Å². The molecular weight excluding hydrogens is 392 g/mol. The standard InChI is InChI=1S/C18H19ClN2O5S/c1-4-12-10(3)15(18(24)25-5-2)16(27-12)21-14(22)9-26-17(23)11-6-7-13(19)20-8-11/h6-8H,4-5,9H2,1-3H3,(H,21,22). The van der Waals surface area contributed by atoms with Crippen molar-refractivity contribution in [3.63, 3.8) is 0 Å². The topological polar surface area (TPSA) is 94.6 Å². The molecule has 2 rings (SSSR count). The molecular formula is C18H19ClN2O5S. The molecule has 0 aliphatic rings. The van der Waals surface area contributed by atoms with E-state index >= 15 is 0 Å². The summed E-state index contributed by atoms with van der Waals surface area (Å²) in [5.74, 6) is -1.75. The van der Waals surface area contributed by atoms with Crippen LogP contribution in [0.25, 0.3) is 0 Å². The van der Waals surface area contributed by atoms with Gasteiger partial charge in [-0.15, -0.1) is 11.3 Å². The Morgan fingerprint density at radius 1 is 1.19 bits per heavy atom. The summed E-state index contributed by atoms with van der Waals surface area (Å²) in [4.78, 5) is 41.0. The van der Waals surface area contributed by atoms with Crippen LogP contribution in [0.3, 0.4) is 0 Å². The largest absolute Gasteiger partial charge is 0.462 e. The number of rotatable bonds is 7. The maximum atomic E-state index is 12.2. The highest BCUT2D eigenvalue weighted by Gasteiger charge is 2.23. The highest BCUT2D eigenvalue weighted by molar-refractivity contribution is 7.17. The normalized spacial score (nSPS) is 10.4. The minimum atomic E-state index is -0.698. The number of esters is 2. The van der Waals surface area contributed by atoms with Crippen LogP contribution < -0.4 is 5.32 Å². The van der Waals surface area contributed by atoms with E-state index in [2.05, 4.69) is 10.3 Å². The molecule has 1 amide bonds. The molecule has 0 aliphatic carbocycles. The number of carbonyl (C=O) groups is 3. The zero-order chi connectivity index (χ0) is 20.0. The molecule has 0 saturated carbocycles. The number of ether oxygens (including phenoxy) is 2. The molecule has 2 aromatic heterocycles. The van der Waals surface area contributed by atoms with Crippen molar-refractivity contribution in [1.82, 2.24) is 4.98 Å². The van der Waals surface area contributed by atoms with Gasteiger partial charge < -0.3 is 14.8 Å². The second-order valence-electron chi connectivity index (χ2n) is 5.42. The third kappa shape index (κ3) is 5.27. The summed E-state index contributed by atoms with van der Waals surface area (Å²) in [6.07, 6.45) is 1.98. The van der Waals surface area contributed by atoms with Crippen molar-refractivity contribution in [2.45, 2.75) is 27.2 Å². The van der Waals surface area contributed by atoms with Gasteiger partial charge >= 0.3 is 11.9 Å². The number of amides is 1. The van der Waals surface area contributed by atoms with E-state index in [1.54, 1.807) is 6.92 Å². The first-order valence-corrected chi connectivity index (χ1v) is 9.44. The summed E-state index contributed by atoms with van der Waals surface area (Å²) in [7, 11) is 0. The molecule has 0 spiro atoms. The van der Waals surface area contributed by atoms with E-state index < -0.39 is 24.5 Å². The third-order valence-corrected chi connectivity index (χ3v) is 5.17. The van der Waals surface area contributed by atoms with Gasteiger partial charge in [-0.1, -0.05) is 18.5 Å². The van der Waals surface area contributed by atoms with Crippen LogP contribution in [0.15, 0.2) is 18.3 Å². The van der Waals surface area contributed by atoms with Gasteiger partial charge in [0.15, 0.2) is 6.61 Å². The smallest absolute Gasteiger partial charge is 0.341 e. The summed E-state index contributed by atoms with van der Waals surface area (Å²) in [6, 6.07) is 2.90. The number of nitrogens with zero attached hydrogens (tertiary/aromatic N) is 1. The zero-order valence-corrected chi connectivity index (χ0v) is 16.7. The average molecular weight is 411 g/mol. The Morgan fingerprint density at radius 2 is 1.93 bits per heavy atom. The maximum Gasteiger partial charge on any atom is 0.341 e. The Bertz CT molecular complexity index is 848. The summed E-state index contributed by atoms with van der Waals surface area (Å²) in [5.41, 5.74) is 1.29. The van der Waals surface area contributed by atoms with Crippen molar-refractivity contribution in [3.8, 4) is 0 Å². The van der Waals surface area contributed by atoms with Gasteiger partial charge in [-0.2, -0.15) is 0 Å². The first-order chi connectivity index (χ1) is 12.9. The first kappa shape index (κ1) is 20.9.